The van der Waals surface area contributed by atoms with Crippen molar-refractivity contribution < 1.29 is 14.3 Å². The van der Waals surface area contributed by atoms with E-state index in [4.69, 9.17) is 10.5 Å². The fourth-order valence-electron chi connectivity index (χ4n) is 2.69. The third-order valence-electron chi connectivity index (χ3n) is 3.92. The molecule has 142 valence electrons. The van der Waals surface area contributed by atoms with Gasteiger partial charge < -0.3 is 26.0 Å². The molecule has 0 atom stereocenters. The SMILES string of the molecule is COc1ccccc1N1CCC(NC(=O)CNC(=O)CN)CC1.Cl.Cl. The molecule has 1 aliphatic rings. The molecule has 2 rings (SSSR count). The number of carbonyl (C=O) groups excluding carboxylic acids is 2. The molecule has 0 spiro atoms. The van der Waals surface area contributed by atoms with Crippen molar-refractivity contribution >= 4 is 42.3 Å². The number of nitrogens with zero attached hydrogens (tertiary/aromatic N) is 1. The maximum Gasteiger partial charge on any atom is 0.239 e. The Bertz CT molecular complexity index is 552. The highest BCUT2D eigenvalue weighted by Crippen LogP contribution is 2.29. The van der Waals surface area contributed by atoms with Crippen LogP contribution in [0.4, 0.5) is 5.69 Å². The number of hydrogen-bond acceptors (Lipinski definition) is 5. The second-order valence-corrected chi connectivity index (χ2v) is 5.48. The van der Waals surface area contributed by atoms with Crippen molar-refractivity contribution in [1.29, 1.82) is 0 Å². The molecule has 0 unspecified atom stereocenters. The zero-order valence-electron chi connectivity index (χ0n) is 14.2. The summed E-state index contributed by atoms with van der Waals surface area (Å²) in [6, 6.07) is 8.06. The summed E-state index contributed by atoms with van der Waals surface area (Å²) in [5, 5.41) is 5.41. The molecule has 1 aromatic rings. The minimum atomic E-state index is -0.328. The molecule has 1 aliphatic heterocycles. The predicted octanol–water partition coefficient (Wildman–Crippen LogP) is 0.699. The topological polar surface area (TPSA) is 96.7 Å². The smallest absolute Gasteiger partial charge is 0.239 e. The standard InChI is InChI=1S/C16H24N4O3.2ClH/c1-23-14-5-3-2-4-13(14)20-8-6-12(7-9-20)19-16(22)11-18-15(21)10-17;;/h2-5,12H,6-11,17H2,1H3,(H,18,21)(H,19,22);2*1H. The summed E-state index contributed by atoms with van der Waals surface area (Å²) in [4.78, 5) is 25.1. The number of nitrogens with one attached hydrogen (secondary N) is 2. The molecule has 0 aliphatic carbocycles. The fraction of sp³-hybridized carbons (Fsp3) is 0.500. The molecule has 0 saturated carbocycles. The maximum absolute atomic E-state index is 11.8. The van der Waals surface area contributed by atoms with Crippen LogP contribution in [0.3, 0.4) is 0 Å². The Labute approximate surface area is 160 Å². The van der Waals surface area contributed by atoms with Crippen molar-refractivity contribution in [2.75, 3.05) is 38.2 Å². The second kappa shape index (κ2) is 11.8. The van der Waals surface area contributed by atoms with Crippen LogP contribution in [0.25, 0.3) is 0 Å². The molecule has 1 saturated heterocycles. The fourth-order valence-corrected chi connectivity index (χ4v) is 2.69. The van der Waals surface area contributed by atoms with Gasteiger partial charge in [0.05, 0.1) is 25.9 Å². The Hall–Kier alpha value is -1.70. The summed E-state index contributed by atoms with van der Waals surface area (Å²) in [5.74, 6) is 0.355. The van der Waals surface area contributed by atoms with Crippen LogP contribution in [0.1, 0.15) is 12.8 Å². The van der Waals surface area contributed by atoms with E-state index in [2.05, 4.69) is 15.5 Å². The molecule has 0 aromatic heterocycles. The summed E-state index contributed by atoms with van der Waals surface area (Å²) in [7, 11) is 1.67. The highest BCUT2D eigenvalue weighted by atomic mass is 35.5. The lowest BCUT2D eigenvalue weighted by Gasteiger charge is -2.34. The van der Waals surface area contributed by atoms with E-state index >= 15 is 0 Å². The Morgan fingerprint density at radius 2 is 1.84 bits per heavy atom. The van der Waals surface area contributed by atoms with Crippen molar-refractivity contribution in [2.24, 2.45) is 5.73 Å². The molecule has 0 bridgehead atoms. The molecule has 1 aromatic carbocycles. The Balaban J connectivity index is 0.00000288. The van der Waals surface area contributed by atoms with Gasteiger partial charge in [0.1, 0.15) is 5.75 Å². The zero-order valence-corrected chi connectivity index (χ0v) is 15.8. The van der Waals surface area contributed by atoms with Gasteiger partial charge in [-0.1, -0.05) is 12.1 Å². The average molecular weight is 393 g/mol. The van der Waals surface area contributed by atoms with E-state index < -0.39 is 0 Å². The number of piperidine rings is 1. The Kier molecular flexibility index (Phi) is 11.0. The lowest BCUT2D eigenvalue weighted by atomic mass is 10.0. The number of ether oxygens (including phenoxy) is 1. The third-order valence-corrected chi connectivity index (χ3v) is 3.92. The summed E-state index contributed by atoms with van der Waals surface area (Å²) in [6.07, 6.45) is 1.71. The van der Waals surface area contributed by atoms with Crippen molar-refractivity contribution in [3.8, 4) is 5.75 Å². The molecule has 1 heterocycles. The molecular weight excluding hydrogens is 367 g/mol. The number of para-hydroxylation sites is 2. The van der Waals surface area contributed by atoms with Crippen molar-refractivity contribution in [3.05, 3.63) is 24.3 Å². The number of rotatable bonds is 6. The largest absolute Gasteiger partial charge is 0.495 e. The van der Waals surface area contributed by atoms with Crippen LogP contribution >= 0.6 is 24.8 Å². The number of halogens is 2. The molecule has 7 nitrogen and oxygen atoms in total. The van der Waals surface area contributed by atoms with Crippen LogP contribution in [0.5, 0.6) is 5.75 Å². The summed E-state index contributed by atoms with van der Waals surface area (Å²) >= 11 is 0. The predicted molar refractivity (Wildman–Crippen MR) is 103 cm³/mol. The first-order valence-electron chi connectivity index (χ1n) is 7.78. The minimum absolute atomic E-state index is 0. The molecule has 9 heteroatoms. The van der Waals surface area contributed by atoms with Crippen molar-refractivity contribution in [1.82, 2.24) is 10.6 Å². The monoisotopic (exact) mass is 392 g/mol. The highest BCUT2D eigenvalue weighted by molar-refractivity contribution is 5.86. The van der Waals surface area contributed by atoms with E-state index in [0.29, 0.717) is 0 Å². The number of nitrogens with two attached hydrogens (primary N) is 1. The Morgan fingerprint density at radius 3 is 2.44 bits per heavy atom. The quantitative estimate of drug-likeness (QED) is 0.661. The normalized spacial score (nSPS) is 13.9. The van der Waals surface area contributed by atoms with E-state index in [0.717, 1.165) is 37.4 Å². The molecule has 4 N–H and O–H groups in total. The molecule has 2 amide bonds. The van der Waals surface area contributed by atoms with Crippen molar-refractivity contribution in [3.63, 3.8) is 0 Å². The van der Waals surface area contributed by atoms with Gasteiger partial charge >= 0.3 is 0 Å². The number of benzene rings is 1. The first-order chi connectivity index (χ1) is 11.1. The lowest BCUT2D eigenvalue weighted by molar-refractivity contribution is -0.125. The second-order valence-electron chi connectivity index (χ2n) is 5.48. The van der Waals surface area contributed by atoms with Crippen molar-refractivity contribution in [2.45, 2.75) is 18.9 Å². The van der Waals surface area contributed by atoms with Crippen LogP contribution in [-0.2, 0) is 9.59 Å². The van der Waals surface area contributed by atoms with Gasteiger partial charge in [0, 0.05) is 19.1 Å². The molecule has 25 heavy (non-hydrogen) atoms. The molecule has 1 fully saturated rings. The van der Waals surface area contributed by atoms with Gasteiger partial charge in [0.2, 0.25) is 11.8 Å². The lowest BCUT2D eigenvalue weighted by Crippen LogP contribution is -2.48. The van der Waals surface area contributed by atoms with Gasteiger partial charge in [-0.25, -0.2) is 0 Å². The highest BCUT2D eigenvalue weighted by Gasteiger charge is 2.22. The number of amides is 2. The van der Waals surface area contributed by atoms with Gasteiger partial charge in [-0.15, -0.1) is 24.8 Å². The summed E-state index contributed by atoms with van der Waals surface area (Å²) in [5.41, 5.74) is 6.26. The third kappa shape index (κ3) is 6.97. The number of anilines is 1. The van der Waals surface area contributed by atoms with Gasteiger partial charge in [-0.2, -0.15) is 0 Å². The van der Waals surface area contributed by atoms with Gasteiger partial charge in [0.15, 0.2) is 0 Å². The van der Waals surface area contributed by atoms with E-state index in [9.17, 15) is 9.59 Å². The van der Waals surface area contributed by atoms with Crippen LogP contribution < -0.4 is 26.0 Å². The van der Waals surface area contributed by atoms with E-state index in [1.54, 1.807) is 7.11 Å². The van der Waals surface area contributed by atoms with Gasteiger partial charge in [-0.3, -0.25) is 9.59 Å². The van der Waals surface area contributed by atoms with E-state index in [1.165, 1.54) is 0 Å². The van der Waals surface area contributed by atoms with E-state index in [1.807, 2.05) is 24.3 Å². The average Bonchev–Trinajstić information content (AvgIpc) is 2.60. The summed E-state index contributed by atoms with van der Waals surface area (Å²) < 4.78 is 5.39. The number of hydrogen-bond donors (Lipinski definition) is 3. The number of methoxy groups -OCH3 is 1. The molecular formula is C16H26Cl2N4O3. The zero-order chi connectivity index (χ0) is 16.7. The maximum atomic E-state index is 11.8. The van der Waals surface area contributed by atoms with Crippen LogP contribution in [0.15, 0.2) is 24.3 Å². The molecule has 0 radical (unpaired) electrons. The first kappa shape index (κ1) is 23.3. The van der Waals surface area contributed by atoms with Crippen LogP contribution in [0.2, 0.25) is 0 Å². The van der Waals surface area contributed by atoms with Crippen LogP contribution in [-0.4, -0.2) is 51.1 Å². The summed E-state index contributed by atoms with van der Waals surface area (Å²) in [6.45, 7) is 1.56. The first-order valence-corrected chi connectivity index (χ1v) is 7.78. The Morgan fingerprint density at radius 1 is 1.20 bits per heavy atom. The van der Waals surface area contributed by atoms with E-state index in [-0.39, 0.29) is 55.8 Å². The minimum Gasteiger partial charge on any atom is -0.495 e. The van der Waals surface area contributed by atoms with Crippen LogP contribution in [0, 0.1) is 0 Å². The van der Waals surface area contributed by atoms with Gasteiger partial charge in [0.25, 0.3) is 0 Å². The number of carbonyl (C=O) groups is 2. The van der Waals surface area contributed by atoms with Gasteiger partial charge in [-0.05, 0) is 25.0 Å².